The third kappa shape index (κ3) is 2.86. The van der Waals surface area contributed by atoms with Crippen molar-refractivity contribution in [1.29, 1.82) is 0 Å². The van der Waals surface area contributed by atoms with Gasteiger partial charge in [-0.15, -0.1) is 6.42 Å². The van der Waals surface area contributed by atoms with E-state index in [-0.39, 0.29) is 11.6 Å². The van der Waals surface area contributed by atoms with Crippen molar-refractivity contribution < 1.29 is 4.74 Å². The fourth-order valence-electron chi connectivity index (χ4n) is 2.34. The Hall–Kier alpha value is -1.46. The molecule has 0 amide bonds. The number of fused-ring (bicyclic) bond motifs is 1. The summed E-state index contributed by atoms with van der Waals surface area (Å²) in [6.07, 6.45) is 7.37. The minimum atomic E-state index is -0.0703. The molecule has 2 heteroatoms. The zero-order valence-electron chi connectivity index (χ0n) is 11.4. The third-order valence-corrected chi connectivity index (χ3v) is 3.29. The molecule has 2 rings (SSSR count). The normalized spacial score (nSPS) is 17.7. The molecule has 0 saturated carbocycles. The molecular formula is C16H21NO. The van der Waals surface area contributed by atoms with E-state index in [2.05, 4.69) is 50.2 Å². The van der Waals surface area contributed by atoms with Crippen molar-refractivity contribution in [3.63, 3.8) is 0 Å². The number of rotatable bonds is 4. The molecule has 0 fully saturated rings. The van der Waals surface area contributed by atoms with Crippen molar-refractivity contribution in [2.45, 2.75) is 51.8 Å². The SMILES string of the molecule is C#CC(CC)NCc1ccc2c(c1)CC(C)(C)O2. The van der Waals surface area contributed by atoms with Crippen LogP contribution < -0.4 is 10.1 Å². The molecule has 0 radical (unpaired) electrons. The first-order chi connectivity index (χ1) is 8.54. The summed E-state index contributed by atoms with van der Waals surface area (Å²) in [5.74, 6) is 3.77. The number of hydrogen-bond acceptors (Lipinski definition) is 2. The van der Waals surface area contributed by atoms with Crippen LogP contribution in [0.4, 0.5) is 0 Å². The summed E-state index contributed by atoms with van der Waals surface area (Å²) in [6, 6.07) is 6.56. The lowest BCUT2D eigenvalue weighted by Crippen LogP contribution is -2.26. The molecule has 0 aliphatic carbocycles. The van der Waals surface area contributed by atoms with Crippen LogP contribution in [-0.4, -0.2) is 11.6 Å². The molecular weight excluding hydrogens is 222 g/mol. The van der Waals surface area contributed by atoms with Gasteiger partial charge in [0, 0.05) is 13.0 Å². The molecule has 96 valence electrons. The summed E-state index contributed by atoms with van der Waals surface area (Å²) in [4.78, 5) is 0. The lowest BCUT2D eigenvalue weighted by Gasteiger charge is -2.16. The zero-order valence-corrected chi connectivity index (χ0v) is 11.4. The number of nitrogens with one attached hydrogen (secondary N) is 1. The second kappa shape index (κ2) is 5.04. The summed E-state index contributed by atoms with van der Waals surface area (Å²) < 4.78 is 5.86. The third-order valence-electron chi connectivity index (χ3n) is 3.29. The molecule has 1 aromatic rings. The fraction of sp³-hybridized carbons (Fsp3) is 0.500. The van der Waals surface area contributed by atoms with E-state index in [9.17, 15) is 0 Å². The van der Waals surface area contributed by atoms with E-state index in [1.165, 1.54) is 11.1 Å². The van der Waals surface area contributed by atoms with Crippen LogP contribution in [0.15, 0.2) is 18.2 Å². The second-order valence-corrected chi connectivity index (χ2v) is 5.49. The Morgan fingerprint density at radius 1 is 1.50 bits per heavy atom. The lowest BCUT2D eigenvalue weighted by atomic mass is 10.00. The number of terminal acetylenes is 1. The monoisotopic (exact) mass is 243 g/mol. The van der Waals surface area contributed by atoms with E-state index in [0.717, 1.165) is 25.1 Å². The minimum Gasteiger partial charge on any atom is -0.487 e. The Labute approximate surface area is 110 Å². The van der Waals surface area contributed by atoms with E-state index < -0.39 is 0 Å². The van der Waals surface area contributed by atoms with Crippen LogP contribution >= 0.6 is 0 Å². The maximum Gasteiger partial charge on any atom is 0.123 e. The maximum atomic E-state index is 5.86. The molecule has 0 bridgehead atoms. The summed E-state index contributed by atoms with van der Waals surface area (Å²) in [7, 11) is 0. The molecule has 1 atom stereocenters. The van der Waals surface area contributed by atoms with Crippen LogP contribution in [0.1, 0.15) is 38.3 Å². The Morgan fingerprint density at radius 2 is 2.28 bits per heavy atom. The first kappa shape index (κ1) is 13.0. The number of ether oxygens (including phenoxy) is 1. The molecule has 0 spiro atoms. The molecule has 1 heterocycles. The van der Waals surface area contributed by atoms with Gasteiger partial charge < -0.3 is 4.74 Å². The van der Waals surface area contributed by atoms with Gasteiger partial charge in [-0.1, -0.05) is 25.0 Å². The van der Waals surface area contributed by atoms with Gasteiger partial charge in [0.25, 0.3) is 0 Å². The summed E-state index contributed by atoms with van der Waals surface area (Å²) >= 11 is 0. The van der Waals surface area contributed by atoms with Crippen molar-refractivity contribution >= 4 is 0 Å². The lowest BCUT2D eigenvalue weighted by molar-refractivity contribution is 0.138. The number of hydrogen-bond donors (Lipinski definition) is 1. The van der Waals surface area contributed by atoms with E-state index in [1.807, 2.05) is 0 Å². The molecule has 0 saturated heterocycles. The van der Waals surface area contributed by atoms with Crippen LogP contribution in [0.25, 0.3) is 0 Å². The standard InChI is InChI=1S/C16H21NO/c1-5-14(6-2)17-11-12-7-8-15-13(9-12)10-16(3,4)18-15/h1,7-9,14,17H,6,10-11H2,2-4H3. The van der Waals surface area contributed by atoms with Crippen molar-refractivity contribution in [2.75, 3.05) is 0 Å². The Balaban J connectivity index is 2.03. The molecule has 0 aromatic heterocycles. The van der Waals surface area contributed by atoms with Gasteiger partial charge in [0.05, 0.1) is 6.04 Å². The van der Waals surface area contributed by atoms with Gasteiger partial charge in [0.15, 0.2) is 0 Å². The van der Waals surface area contributed by atoms with Gasteiger partial charge in [-0.3, -0.25) is 5.32 Å². The first-order valence-corrected chi connectivity index (χ1v) is 6.54. The quantitative estimate of drug-likeness (QED) is 0.821. The van der Waals surface area contributed by atoms with E-state index in [4.69, 9.17) is 11.2 Å². The van der Waals surface area contributed by atoms with Crippen LogP contribution in [0.3, 0.4) is 0 Å². The second-order valence-electron chi connectivity index (χ2n) is 5.49. The van der Waals surface area contributed by atoms with E-state index in [1.54, 1.807) is 0 Å². The van der Waals surface area contributed by atoms with Gasteiger partial charge in [-0.25, -0.2) is 0 Å². The van der Waals surface area contributed by atoms with Gasteiger partial charge in [-0.05, 0) is 37.5 Å². The fourth-order valence-corrected chi connectivity index (χ4v) is 2.34. The van der Waals surface area contributed by atoms with Crippen molar-refractivity contribution in [1.82, 2.24) is 5.32 Å². The molecule has 1 aromatic carbocycles. The number of benzene rings is 1. The molecule has 18 heavy (non-hydrogen) atoms. The summed E-state index contributed by atoms with van der Waals surface area (Å²) in [5, 5.41) is 3.37. The highest BCUT2D eigenvalue weighted by molar-refractivity contribution is 5.41. The highest BCUT2D eigenvalue weighted by Gasteiger charge is 2.29. The molecule has 1 aliphatic heterocycles. The van der Waals surface area contributed by atoms with Crippen molar-refractivity contribution in [2.24, 2.45) is 0 Å². The van der Waals surface area contributed by atoms with Crippen LogP contribution in [-0.2, 0) is 13.0 Å². The predicted octanol–water partition coefficient (Wildman–Crippen LogP) is 2.90. The highest BCUT2D eigenvalue weighted by Crippen LogP contribution is 2.35. The topological polar surface area (TPSA) is 21.3 Å². The minimum absolute atomic E-state index is 0.0703. The zero-order chi connectivity index (χ0) is 13.2. The van der Waals surface area contributed by atoms with Crippen LogP contribution in [0.5, 0.6) is 5.75 Å². The smallest absolute Gasteiger partial charge is 0.123 e. The Bertz CT molecular complexity index is 470. The highest BCUT2D eigenvalue weighted by atomic mass is 16.5. The summed E-state index contributed by atoms with van der Waals surface area (Å²) in [6.45, 7) is 7.15. The molecule has 1 aliphatic rings. The van der Waals surface area contributed by atoms with Crippen molar-refractivity contribution in [3.8, 4) is 18.1 Å². The van der Waals surface area contributed by atoms with E-state index >= 15 is 0 Å². The largest absolute Gasteiger partial charge is 0.487 e. The van der Waals surface area contributed by atoms with Crippen molar-refractivity contribution in [3.05, 3.63) is 29.3 Å². The molecule has 1 unspecified atom stereocenters. The Kier molecular flexibility index (Phi) is 3.63. The first-order valence-electron chi connectivity index (χ1n) is 6.54. The molecule has 1 N–H and O–H groups in total. The van der Waals surface area contributed by atoms with Crippen LogP contribution in [0.2, 0.25) is 0 Å². The summed E-state index contributed by atoms with van der Waals surface area (Å²) in [5.41, 5.74) is 2.50. The maximum absolute atomic E-state index is 5.86. The van der Waals surface area contributed by atoms with E-state index in [0.29, 0.717) is 0 Å². The van der Waals surface area contributed by atoms with Gasteiger partial charge in [0.2, 0.25) is 0 Å². The average molecular weight is 243 g/mol. The molecule has 2 nitrogen and oxygen atoms in total. The van der Waals surface area contributed by atoms with Gasteiger partial charge in [-0.2, -0.15) is 0 Å². The predicted molar refractivity (Wildman–Crippen MR) is 74.6 cm³/mol. The Morgan fingerprint density at radius 3 is 2.94 bits per heavy atom. The van der Waals surface area contributed by atoms with Gasteiger partial charge in [0.1, 0.15) is 11.4 Å². The van der Waals surface area contributed by atoms with Gasteiger partial charge >= 0.3 is 0 Å². The van der Waals surface area contributed by atoms with Crippen LogP contribution in [0, 0.1) is 12.3 Å². The average Bonchev–Trinajstić information content (AvgIpc) is 2.63.